The molecule has 5 heterocycles. The number of fused-ring (bicyclic) bond motifs is 2. The van der Waals surface area contributed by atoms with E-state index in [-0.39, 0.29) is 17.4 Å². The fourth-order valence-corrected chi connectivity index (χ4v) is 10.5. The zero-order valence-electron chi connectivity index (χ0n) is 42.2. The van der Waals surface area contributed by atoms with Gasteiger partial charge < -0.3 is 44.9 Å². The second-order valence-electron chi connectivity index (χ2n) is 21.4. The first-order chi connectivity index (χ1) is 32.8. The third-order valence-corrected chi connectivity index (χ3v) is 14.9. The molecule has 3 aliphatic rings. The van der Waals surface area contributed by atoms with Crippen molar-refractivity contribution in [1.82, 2.24) is 44.5 Å². The first-order valence-electron chi connectivity index (χ1n) is 26.3. The van der Waals surface area contributed by atoms with Crippen molar-refractivity contribution >= 4 is 39.5 Å². The number of carbonyl (C=O) groups is 1. The van der Waals surface area contributed by atoms with Crippen LogP contribution in [0.2, 0.25) is 0 Å². The van der Waals surface area contributed by atoms with Crippen LogP contribution in [0.25, 0.3) is 26.9 Å². The lowest BCUT2D eigenvalue weighted by Crippen LogP contribution is -2.52. The number of ether oxygens (including phenoxy) is 1. The number of aromatic amines is 1. The summed E-state index contributed by atoms with van der Waals surface area (Å²) < 4.78 is 8.16. The van der Waals surface area contributed by atoms with Crippen LogP contribution in [0.1, 0.15) is 149 Å². The summed E-state index contributed by atoms with van der Waals surface area (Å²) >= 11 is 0. The maximum atomic E-state index is 12.6. The molecule has 1 unspecified atom stereocenters. The summed E-state index contributed by atoms with van der Waals surface area (Å²) in [5, 5.41) is 29.8. The number of nitrogens with zero attached hydrogens (tertiary/aromatic N) is 8. The molecule has 1 aliphatic carbocycles. The van der Waals surface area contributed by atoms with Crippen LogP contribution in [-0.4, -0.2) is 145 Å². The molecule has 3 aromatic heterocycles. The van der Waals surface area contributed by atoms with Crippen LogP contribution in [0, 0.1) is 12.5 Å². The number of hydrogen-bond donors (Lipinski definition) is 5. The van der Waals surface area contributed by atoms with Crippen LogP contribution in [0.4, 0.5) is 11.5 Å². The first kappa shape index (κ1) is 51.7. The largest absolute Gasteiger partial charge is 0.387 e. The molecule has 0 spiro atoms. The Hall–Kier alpha value is -4.17. The van der Waals surface area contributed by atoms with Crippen molar-refractivity contribution in [2.75, 3.05) is 64.2 Å². The number of rotatable bonds is 26. The molecule has 3 fully saturated rings. The van der Waals surface area contributed by atoms with Crippen LogP contribution in [-0.2, 0) is 21.4 Å². The van der Waals surface area contributed by atoms with Crippen LogP contribution in [0.15, 0.2) is 30.7 Å². The van der Waals surface area contributed by atoms with Crippen molar-refractivity contribution < 1.29 is 19.7 Å². The van der Waals surface area contributed by atoms with Crippen LogP contribution in [0.3, 0.4) is 0 Å². The molecule has 0 radical (unpaired) electrons. The highest BCUT2D eigenvalue weighted by molar-refractivity contribution is 5.99. The summed E-state index contributed by atoms with van der Waals surface area (Å²) in [6, 6.07) is 7.12. The molecule has 5 N–H and O–H groups in total. The van der Waals surface area contributed by atoms with Gasteiger partial charge in [-0.25, -0.2) is 19.8 Å². The molecule has 1 aromatic carbocycles. The Kier molecular flexibility index (Phi) is 18.7. The van der Waals surface area contributed by atoms with Crippen LogP contribution < -0.4 is 10.6 Å². The molecule has 15 nitrogen and oxygen atoms in total. The Labute approximate surface area is 406 Å². The van der Waals surface area contributed by atoms with Crippen molar-refractivity contribution in [3.8, 4) is 0 Å². The molecular formula is C53H83N11O4. The van der Waals surface area contributed by atoms with E-state index >= 15 is 0 Å². The minimum atomic E-state index is -1.21. The van der Waals surface area contributed by atoms with Gasteiger partial charge in [0.15, 0.2) is 6.23 Å². The van der Waals surface area contributed by atoms with E-state index < -0.39 is 24.5 Å². The molecule has 4 aromatic rings. The normalized spacial score (nSPS) is 22.7. The van der Waals surface area contributed by atoms with Gasteiger partial charge in [0.25, 0.3) is 0 Å². The molecular weight excluding hydrogens is 855 g/mol. The number of anilines is 1. The van der Waals surface area contributed by atoms with Crippen molar-refractivity contribution in [2.24, 2.45) is 5.92 Å². The molecule has 4 atom stereocenters. The van der Waals surface area contributed by atoms with E-state index in [9.17, 15) is 15.0 Å². The van der Waals surface area contributed by atoms with Gasteiger partial charge in [0, 0.05) is 76.9 Å². The number of imidazole rings is 1. The van der Waals surface area contributed by atoms with Gasteiger partial charge in [-0.15, -0.1) is 0 Å². The SMILES string of the molecule is [C-]#[N+]c1cn([C@@H]2O[C@H](CN(C(C)C)C3CC(CCc4nc5ccc(C(C)(C)C)cc5[nH]4)C3)C(O)[C@@H]2O)c2ncnc(NCCCCNC(=O)CCCN3CCN(CCCCCCCCC)CC3)c12. The van der Waals surface area contributed by atoms with Gasteiger partial charge >= 0.3 is 0 Å². The Morgan fingerprint density at radius 2 is 1.66 bits per heavy atom. The average molecular weight is 938 g/mol. The third-order valence-electron chi connectivity index (χ3n) is 14.9. The number of piperazine rings is 1. The first-order valence-corrected chi connectivity index (χ1v) is 26.3. The monoisotopic (exact) mass is 938 g/mol. The van der Waals surface area contributed by atoms with Crippen molar-refractivity contribution in [3.63, 3.8) is 0 Å². The number of aryl methyl sites for hydroxylation is 1. The Morgan fingerprint density at radius 1 is 0.956 bits per heavy atom. The molecule has 2 saturated heterocycles. The summed E-state index contributed by atoms with van der Waals surface area (Å²) in [5.41, 5.74) is 4.31. The molecule has 15 heteroatoms. The number of amides is 1. The summed E-state index contributed by atoms with van der Waals surface area (Å²) in [4.78, 5) is 41.4. The van der Waals surface area contributed by atoms with Gasteiger partial charge in [-0.05, 0) is 101 Å². The highest BCUT2D eigenvalue weighted by atomic mass is 16.6. The number of unbranched alkanes of at least 4 members (excludes halogenated alkanes) is 7. The van der Waals surface area contributed by atoms with E-state index in [0.717, 1.165) is 94.5 Å². The molecule has 1 amide bonds. The van der Waals surface area contributed by atoms with Gasteiger partial charge in [0.1, 0.15) is 41.9 Å². The molecule has 374 valence electrons. The standard InChI is InChI=1S/C53H83N11O4/c1-8-9-10-11-12-13-16-25-61-27-29-62(30-28-61)26-17-18-46(65)55-23-14-15-24-56-50-47-43(54-7)34-64(51(47)58-36-57-50)52-49(67)48(66)44(68-52)35-63(37(2)3)40-31-38(32-40)19-22-45-59-41-21-20-39(53(4,5)6)33-42(41)60-45/h20-21,33-34,36-38,40,44,48-49,52,66-67H,8-19,22-32,35H2,1-6H3,(H,55,65)(H,59,60)(H,56,57,58)/t38?,40?,44-,48?,49+,52-/m1/s1. The number of H-pyrrole nitrogens is 1. The Bertz CT molecular complexity index is 2230. The minimum Gasteiger partial charge on any atom is -0.387 e. The Balaban J connectivity index is 0.812. The predicted molar refractivity (Wildman–Crippen MR) is 272 cm³/mol. The second kappa shape index (κ2) is 24.6. The third kappa shape index (κ3) is 13.6. The molecule has 68 heavy (non-hydrogen) atoms. The van der Waals surface area contributed by atoms with Crippen molar-refractivity contribution in [2.45, 2.75) is 180 Å². The van der Waals surface area contributed by atoms with E-state index in [4.69, 9.17) is 16.3 Å². The number of nitrogens with one attached hydrogen (secondary N) is 3. The van der Waals surface area contributed by atoms with Gasteiger partial charge in [-0.1, -0.05) is 72.3 Å². The van der Waals surface area contributed by atoms with Gasteiger partial charge in [0.05, 0.1) is 23.0 Å². The van der Waals surface area contributed by atoms with Crippen LogP contribution in [0.5, 0.6) is 0 Å². The maximum Gasteiger partial charge on any atom is 0.220 e. The lowest BCUT2D eigenvalue weighted by atomic mass is 9.76. The smallest absolute Gasteiger partial charge is 0.220 e. The minimum absolute atomic E-state index is 0.0873. The summed E-state index contributed by atoms with van der Waals surface area (Å²) in [7, 11) is 0. The van der Waals surface area contributed by atoms with Crippen LogP contribution >= 0.6 is 0 Å². The zero-order chi connectivity index (χ0) is 48.2. The van der Waals surface area contributed by atoms with Crippen molar-refractivity contribution in [3.05, 3.63) is 53.5 Å². The van der Waals surface area contributed by atoms with E-state index in [2.05, 4.69) is 105 Å². The highest BCUT2D eigenvalue weighted by Crippen LogP contribution is 2.41. The fourth-order valence-electron chi connectivity index (χ4n) is 10.5. The highest BCUT2D eigenvalue weighted by Gasteiger charge is 2.47. The maximum absolute atomic E-state index is 12.6. The second-order valence-corrected chi connectivity index (χ2v) is 21.4. The topological polar surface area (TPSA) is 164 Å². The fraction of sp³-hybridized carbons (Fsp3) is 0.717. The number of aromatic nitrogens is 5. The Morgan fingerprint density at radius 3 is 2.37 bits per heavy atom. The molecule has 0 bridgehead atoms. The quantitative estimate of drug-likeness (QED) is 0.0304. The number of benzene rings is 1. The lowest BCUT2D eigenvalue weighted by Gasteiger charge is -2.46. The van der Waals surface area contributed by atoms with E-state index in [0.29, 0.717) is 60.6 Å². The number of hydrogen-bond acceptors (Lipinski definition) is 11. The molecule has 7 rings (SSSR count). The summed E-state index contributed by atoms with van der Waals surface area (Å²) in [6.45, 7) is 29.6. The summed E-state index contributed by atoms with van der Waals surface area (Å²) in [5.74, 6) is 2.27. The molecule has 2 aliphatic heterocycles. The van der Waals surface area contributed by atoms with E-state index in [1.807, 2.05) is 0 Å². The predicted octanol–water partition coefficient (Wildman–Crippen LogP) is 8.35. The van der Waals surface area contributed by atoms with E-state index in [1.54, 1.807) is 10.8 Å². The van der Waals surface area contributed by atoms with Crippen molar-refractivity contribution in [1.29, 1.82) is 0 Å². The lowest BCUT2D eigenvalue weighted by molar-refractivity contribution is -0.121. The molecule has 1 saturated carbocycles. The number of carbonyl (C=O) groups excluding carboxylic acids is 1. The summed E-state index contributed by atoms with van der Waals surface area (Å²) in [6.07, 6.45) is 15.9. The van der Waals surface area contributed by atoms with Gasteiger partial charge in [-0.2, -0.15) is 0 Å². The van der Waals surface area contributed by atoms with Gasteiger partial charge in [-0.3, -0.25) is 9.69 Å². The van der Waals surface area contributed by atoms with Gasteiger partial charge in [0.2, 0.25) is 11.6 Å². The van der Waals surface area contributed by atoms with E-state index in [1.165, 1.54) is 63.4 Å². The number of aliphatic hydroxyl groups is 2. The number of aliphatic hydroxyl groups excluding tert-OH is 2. The zero-order valence-corrected chi connectivity index (χ0v) is 42.2. The average Bonchev–Trinajstić information content (AvgIpc) is 3.98.